The minimum Gasteiger partial charge on any atom is -0.373 e. The van der Waals surface area contributed by atoms with Crippen LogP contribution in [-0.4, -0.2) is 54.2 Å². The number of benzene rings is 1. The molecule has 0 bridgehead atoms. The van der Waals surface area contributed by atoms with E-state index < -0.39 is 0 Å². The molecule has 1 aromatic heterocycles. The summed E-state index contributed by atoms with van der Waals surface area (Å²) in [5.74, 6) is -0.124. The van der Waals surface area contributed by atoms with Gasteiger partial charge in [-0.25, -0.2) is 4.98 Å². The third-order valence-corrected chi connectivity index (χ3v) is 5.60. The summed E-state index contributed by atoms with van der Waals surface area (Å²) in [5.41, 5.74) is 1.52. The van der Waals surface area contributed by atoms with Crippen LogP contribution in [0.3, 0.4) is 0 Å². The van der Waals surface area contributed by atoms with E-state index in [0.717, 1.165) is 30.3 Å². The Kier molecular flexibility index (Phi) is 4.60. The number of carbonyl (C=O) groups excluding carboxylic acids is 1. The van der Waals surface area contributed by atoms with E-state index in [1.807, 2.05) is 35.7 Å². The summed E-state index contributed by atoms with van der Waals surface area (Å²) in [6.45, 7) is 3.40. The van der Waals surface area contributed by atoms with E-state index >= 15 is 0 Å². The molecule has 1 N–H and O–H groups in total. The van der Waals surface area contributed by atoms with Crippen molar-refractivity contribution in [2.75, 3.05) is 26.2 Å². The number of fused-ring (bicyclic) bond motifs is 1. The first kappa shape index (κ1) is 15.7. The molecule has 1 aromatic carbocycles. The smallest absolute Gasteiger partial charge is 0.270 e. The molecule has 2 saturated heterocycles. The molecule has 0 saturated carbocycles. The number of hydrogen-bond acceptors (Lipinski definition) is 5. The van der Waals surface area contributed by atoms with E-state index in [0.29, 0.717) is 18.3 Å². The van der Waals surface area contributed by atoms with E-state index in [-0.39, 0.29) is 12.0 Å². The highest BCUT2D eigenvalue weighted by molar-refractivity contribution is 7.13. The van der Waals surface area contributed by atoms with Crippen LogP contribution in [0, 0.1) is 0 Å². The summed E-state index contributed by atoms with van der Waals surface area (Å²) < 4.78 is 5.88. The van der Waals surface area contributed by atoms with Crippen LogP contribution in [0.15, 0.2) is 35.7 Å². The maximum absolute atomic E-state index is 12.3. The number of nitrogens with zero attached hydrogens (tertiary/aromatic N) is 2. The third kappa shape index (κ3) is 3.36. The lowest BCUT2D eigenvalue weighted by Crippen LogP contribution is -2.50. The zero-order chi connectivity index (χ0) is 16.4. The Balaban J connectivity index is 1.33. The molecule has 2 atom stereocenters. The highest BCUT2D eigenvalue weighted by atomic mass is 32.1. The molecule has 0 aliphatic carbocycles. The van der Waals surface area contributed by atoms with Crippen LogP contribution in [0.4, 0.5) is 0 Å². The SMILES string of the molecule is O=C(NC[C@H]1CN2CCC[C@@H]2CO1)c1csc(-c2ccccc2)n1. The second kappa shape index (κ2) is 7.01. The van der Waals surface area contributed by atoms with Crippen LogP contribution in [0.1, 0.15) is 23.3 Å². The van der Waals surface area contributed by atoms with Gasteiger partial charge in [0.15, 0.2) is 0 Å². The molecule has 0 unspecified atom stereocenters. The van der Waals surface area contributed by atoms with Crippen molar-refractivity contribution in [3.63, 3.8) is 0 Å². The number of thiazole rings is 1. The number of nitrogens with one attached hydrogen (secondary N) is 1. The Bertz CT molecular complexity index is 703. The Hall–Kier alpha value is -1.76. The van der Waals surface area contributed by atoms with Crippen LogP contribution >= 0.6 is 11.3 Å². The Labute approximate surface area is 145 Å². The van der Waals surface area contributed by atoms with Gasteiger partial charge in [0.2, 0.25) is 0 Å². The van der Waals surface area contributed by atoms with Crippen LogP contribution in [0.5, 0.6) is 0 Å². The standard InChI is InChI=1S/C18H21N3O2S/c22-17(16-12-24-18(20-16)13-5-2-1-3-6-13)19-9-15-10-21-8-4-7-14(21)11-23-15/h1-3,5-6,12,14-15H,4,7-11H2,(H,19,22)/t14-,15+/m1/s1. The predicted octanol–water partition coefficient (Wildman–Crippen LogP) is 2.40. The van der Waals surface area contributed by atoms with Crippen molar-refractivity contribution in [3.8, 4) is 10.6 Å². The number of amides is 1. The molecule has 2 aromatic rings. The van der Waals surface area contributed by atoms with E-state index in [2.05, 4.69) is 15.2 Å². The number of hydrogen-bond donors (Lipinski definition) is 1. The summed E-state index contributed by atoms with van der Waals surface area (Å²) >= 11 is 1.49. The largest absolute Gasteiger partial charge is 0.373 e. The van der Waals surface area contributed by atoms with Crippen LogP contribution in [0.25, 0.3) is 10.6 Å². The summed E-state index contributed by atoms with van der Waals surface area (Å²) in [4.78, 5) is 19.3. The van der Waals surface area contributed by atoms with Gasteiger partial charge in [-0.3, -0.25) is 9.69 Å². The van der Waals surface area contributed by atoms with Gasteiger partial charge < -0.3 is 10.1 Å². The van der Waals surface area contributed by atoms with Crippen LogP contribution in [0.2, 0.25) is 0 Å². The maximum atomic E-state index is 12.3. The summed E-state index contributed by atoms with van der Waals surface area (Å²) in [6, 6.07) is 10.5. The molecule has 4 rings (SSSR count). The summed E-state index contributed by atoms with van der Waals surface area (Å²) in [6.07, 6.45) is 2.57. The van der Waals surface area contributed by atoms with Crippen molar-refractivity contribution >= 4 is 17.2 Å². The minimum absolute atomic E-state index is 0.0792. The normalized spacial score (nSPS) is 23.8. The van der Waals surface area contributed by atoms with E-state index in [9.17, 15) is 4.79 Å². The van der Waals surface area contributed by atoms with E-state index in [1.54, 1.807) is 0 Å². The van der Waals surface area contributed by atoms with Gasteiger partial charge in [0, 0.05) is 30.1 Å². The summed E-state index contributed by atoms with van der Waals surface area (Å²) in [7, 11) is 0. The fourth-order valence-corrected chi connectivity index (χ4v) is 4.20. The van der Waals surface area contributed by atoms with Crippen LogP contribution < -0.4 is 5.32 Å². The van der Waals surface area contributed by atoms with Crippen molar-refractivity contribution < 1.29 is 9.53 Å². The van der Waals surface area contributed by atoms with Crippen molar-refractivity contribution in [3.05, 3.63) is 41.4 Å². The van der Waals surface area contributed by atoms with Crippen molar-refractivity contribution in [2.45, 2.75) is 25.0 Å². The van der Waals surface area contributed by atoms with Gasteiger partial charge in [0.25, 0.3) is 5.91 Å². The maximum Gasteiger partial charge on any atom is 0.270 e. The molecule has 2 fully saturated rings. The first-order valence-corrected chi connectivity index (χ1v) is 9.32. The van der Waals surface area contributed by atoms with Gasteiger partial charge in [0.05, 0.1) is 12.7 Å². The average molecular weight is 343 g/mol. The number of rotatable bonds is 4. The first-order valence-electron chi connectivity index (χ1n) is 8.44. The van der Waals surface area contributed by atoms with Gasteiger partial charge >= 0.3 is 0 Å². The van der Waals surface area contributed by atoms with Gasteiger partial charge in [0.1, 0.15) is 10.7 Å². The number of carbonyl (C=O) groups is 1. The van der Waals surface area contributed by atoms with Gasteiger partial charge in [-0.05, 0) is 19.4 Å². The molecule has 5 nitrogen and oxygen atoms in total. The zero-order valence-corrected chi connectivity index (χ0v) is 14.3. The average Bonchev–Trinajstić information content (AvgIpc) is 3.29. The Morgan fingerprint density at radius 2 is 2.25 bits per heavy atom. The minimum atomic E-state index is -0.124. The Morgan fingerprint density at radius 3 is 3.12 bits per heavy atom. The fraction of sp³-hybridized carbons (Fsp3) is 0.444. The highest BCUT2D eigenvalue weighted by Gasteiger charge is 2.32. The topological polar surface area (TPSA) is 54.5 Å². The lowest BCUT2D eigenvalue weighted by atomic mass is 10.2. The highest BCUT2D eigenvalue weighted by Crippen LogP contribution is 2.24. The quantitative estimate of drug-likeness (QED) is 0.926. The first-order chi connectivity index (χ1) is 11.8. The lowest BCUT2D eigenvalue weighted by Gasteiger charge is -2.35. The molecular weight excluding hydrogens is 322 g/mol. The monoisotopic (exact) mass is 343 g/mol. The molecule has 2 aliphatic heterocycles. The molecule has 6 heteroatoms. The Morgan fingerprint density at radius 1 is 1.38 bits per heavy atom. The van der Waals surface area contributed by atoms with Crippen molar-refractivity contribution in [2.24, 2.45) is 0 Å². The molecule has 24 heavy (non-hydrogen) atoms. The number of ether oxygens (including phenoxy) is 1. The second-order valence-corrected chi connectivity index (χ2v) is 7.22. The molecule has 126 valence electrons. The summed E-state index contributed by atoms with van der Waals surface area (Å²) in [5, 5.41) is 5.65. The number of aromatic nitrogens is 1. The number of morpholine rings is 1. The molecule has 2 aliphatic rings. The lowest BCUT2D eigenvalue weighted by molar-refractivity contribution is -0.0462. The second-order valence-electron chi connectivity index (χ2n) is 6.36. The molecule has 1 amide bonds. The zero-order valence-electron chi connectivity index (χ0n) is 13.5. The van der Waals surface area contributed by atoms with Gasteiger partial charge in [-0.2, -0.15) is 0 Å². The molecular formula is C18H21N3O2S. The van der Waals surface area contributed by atoms with Gasteiger partial charge in [-0.1, -0.05) is 30.3 Å². The van der Waals surface area contributed by atoms with Crippen LogP contribution in [-0.2, 0) is 4.74 Å². The molecule has 0 spiro atoms. The van der Waals surface area contributed by atoms with Gasteiger partial charge in [-0.15, -0.1) is 11.3 Å². The molecule has 0 radical (unpaired) electrons. The van der Waals surface area contributed by atoms with Crippen molar-refractivity contribution in [1.29, 1.82) is 0 Å². The fourth-order valence-electron chi connectivity index (χ4n) is 3.40. The van der Waals surface area contributed by atoms with Crippen molar-refractivity contribution in [1.82, 2.24) is 15.2 Å². The van der Waals surface area contributed by atoms with E-state index in [1.165, 1.54) is 24.2 Å². The third-order valence-electron chi connectivity index (χ3n) is 4.71. The molecule has 3 heterocycles. The van der Waals surface area contributed by atoms with E-state index in [4.69, 9.17) is 4.74 Å². The predicted molar refractivity (Wildman–Crippen MR) is 94.2 cm³/mol.